The first kappa shape index (κ1) is 29.4. The van der Waals surface area contributed by atoms with Crippen LogP contribution in [0.2, 0.25) is 0 Å². The quantitative estimate of drug-likeness (QED) is 0.423. The second-order valence-corrected chi connectivity index (χ2v) is 13.8. The predicted molar refractivity (Wildman–Crippen MR) is 155 cm³/mol. The molecule has 4 nitrogen and oxygen atoms in total. The topological polar surface area (TPSA) is 65.2 Å². The first-order valence-electron chi connectivity index (χ1n) is 12.7. The average molecular weight is 491 g/mol. The molecular formula is C32H46N2O2. The maximum absolute atomic E-state index is 10.9. The zero-order chi connectivity index (χ0) is 27.7. The third-order valence-corrected chi connectivity index (χ3v) is 6.29. The summed E-state index contributed by atoms with van der Waals surface area (Å²) in [6.07, 6.45) is 6.51. The maximum atomic E-state index is 10.9. The molecule has 0 aliphatic heterocycles. The number of benzene rings is 2. The number of rotatable bonds is 4. The van der Waals surface area contributed by atoms with Crippen LogP contribution in [0.15, 0.2) is 46.7 Å². The Hall–Kier alpha value is -2.88. The molecule has 2 N–H and O–H groups in total. The van der Waals surface area contributed by atoms with Gasteiger partial charge in [-0.15, -0.1) is 0 Å². The average Bonchev–Trinajstić information content (AvgIpc) is 2.69. The van der Waals surface area contributed by atoms with Crippen molar-refractivity contribution in [1.29, 1.82) is 0 Å². The molecular weight excluding hydrogens is 444 g/mol. The van der Waals surface area contributed by atoms with Crippen LogP contribution in [0.1, 0.15) is 116 Å². The van der Waals surface area contributed by atoms with Crippen LogP contribution in [0.25, 0.3) is 0 Å². The van der Waals surface area contributed by atoms with Gasteiger partial charge in [-0.1, -0.05) is 95.2 Å². The number of phenols is 2. The van der Waals surface area contributed by atoms with Gasteiger partial charge in [-0.05, 0) is 44.9 Å². The van der Waals surface area contributed by atoms with E-state index in [4.69, 9.17) is 0 Å². The van der Waals surface area contributed by atoms with E-state index in [9.17, 15) is 10.2 Å². The van der Waals surface area contributed by atoms with Crippen LogP contribution in [-0.4, -0.2) is 22.6 Å². The van der Waals surface area contributed by atoms with Crippen LogP contribution in [0.4, 0.5) is 0 Å². The van der Waals surface area contributed by atoms with Crippen LogP contribution in [0.5, 0.6) is 11.5 Å². The highest BCUT2D eigenvalue weighted by Gasteiger charge is 2.25. The van der Waals surface area contributed by atoms with Gasteiger partial charge in [0.15, 0.2) is 0 Å². The highest BCUT2D eigenvalue weighted by molar-refractivity contribution is 5.86. The first-order chi connectivity index (χ1) is 16.2. The van der Waals surface area contributed by atoms with E-state index < -0.39 is 0 Å². The number of phenolic OH excluding ortho intramolecular Hbond substituents is 2. The van der Waals surface area contributed by atoms with Crippen LogP contribution in [0, 0.1) is 0 Å². The molecule has 0 radical (unpaired) electrons. The lowest BCUT2D eigenvalue weighted by Crippen LogP contribution is -2.17. The van der Waals surface area contributed by atoms with E-state index >= 15 is 0 Å². The molecule has 36 heavy (non-hydrogen) atoms. The van der Waals surface area contributed by atoms with Crippen molar-refractivity contribution in [3.63, 3.8) is 0 Å². The minimum absolute atomic E-state index is 0.0497. The largest absolute Gasteiger partial charge is 0.507 e. The molecule has 0 atom stereocenters. The Labute approximate surface area is 218 Å². The minimum Gasteiger partial charge on any atom is -0.507 e. The summed E-state index contributed by atoms with van der Waals surface area (Å²) < 4.78 is 0. The van der Waals surface area contributed by atoms with Gasteiger partial charge in [0.2, 0.25) is 0 Å². The fraction of sp³-hybridized carbons (Fsp3) is 0.500. The van der Waals surface area contributed by atoms with E-state index in [0.29, 0.717) is 11.1 Å². The summed E-state index contributed by atoms with van der Waals surface area (Å²) >= 11 is 0. The summed E-state index contributed by atoms with van der Waals surface area (Å²) in [5.41, 5.74) is 5.00. The predicted octanol–water partition coefficient (Wildman–Crippen LogP) is 8.30. The van der Waals surface area contributed by atoms with E-state index in [2.05, 4.69) is 105 Å². The summed E-state index contributed by atoms with van der Waals surface area (Å²) in [7, 11) is 0. The lowest BCUT2D eigenvalue weighted by Gasteiger charge is -2.27. The SMILES string of the molecule is CC(C)(C)c1cc(C=NC=CN=Cc2cc(C(C)(C)C)cc(C(C)(C)C)c2O)c(O)c(C(C)(C)C)c1. The smallest absolute Gasteiger partial charge is 0.128 e. The molecule has 2 rings (SSSR count). The Bertz CT molecular complexity index is 1080. The molecule has 0 amide bonds. The fourth-order valence-corrected chi connectivity index (χ4v) is 3.84. The van der Waals surface area contributed by atoms with Crippen LogP contribution in [0.3, 0.4) is 0 Å². The monoisotopic (exact) mass is 490 g/mol. The van der Waals surface area contributed by atoms with Crippen LogP contribution >= 0.6 is 0 Å². The fourth-order valence-electron chi connectivity index (χ4n) is 3.84. The van der Waals surface area contributed by atoms with Gasteiger partial charge in [0.05, 0.1) is 0 Å². The van der Waals surface area contributed by atoms with Gasteiger partial charge in [0, 0.05) is 47.1 Å². The Balaban J connectivity index is 2.38. The van der Waals surface area contributed by atoms with Crippen molar-refractivity contribution in [3.8, 4) is 11.5 Å². The first-order valence-corrected chi connectivity index (χ1v) is 12.7. The van der Waals surface area contributed by atoms with Crippen molar-refractivity contribution in [2.75, 3.05) is 0 Å². The molecule has 0 unspecified atom stereocenters. The highest BCUT2D eigenvalue weighted by Crippen LogP contribution is 2.38. The van der Waals surface area contributed by atoms with Gasteiger partial charge in [-0.25, -0.2) is 0 Å². The maximum Gasteiger partial charge on any atom is 0.128 e. The van der Waals surface area contributed by atoms with Gasteiger partial charge in [-0.2, -0.15) is 0 Å². The molecule has 0 aromatic heterocycles. The van der Waals surface area contributed by atoms with Gasteiger partial charge in [0.1, 0.15) is 11.5 Å². The van der Waals surface area contributed by atoms with Crippen molar-refractivity contribution >= 4 is 12.4 Å². The van der Waals surface area contributed by atoms with E-state index in [1.165, 1.54) is 0 Å². The Kier molecular flexibility index (Phi) is 8.35. The molecule has 4 heteroatoms. The van der Waals surface area contributed by atoms with Crippen molar-refractivity contribution in [2.45, 2.75) is 105 Å². The summed E-state index contributed by atoms with van der Waals surface area (Å²) in [6, 6.07) is 8.18. The van der Waals surface area contributed by atoms with Crippen molar-refractivity contribution in [2.24, 2.45) is 9.98 Å². The normalized spacial score (nSPS) is 14.0. The molecule has 2 aromatic carbocycles. The van der Waals surface area contributed by atoms with Gasteiger partial charge in [0.25, 0.3) is 0 Å². The van der Waals surface area contributed by atoms with Gasteiger partial charge >= 0.3 is 0 Å². The van der Waals surface area contributed by atoms with Crippen LogP contribution in [-0.2, 0) is 21.7 Å². The third kappa shape index (κ3) is 7.32. The Morgan fingerprint density at radius 3 is 1.06 bits per heavy atom. The number of aliphatic imine (C=N–C) groups is 2. The molecule has 0 fully saturated rings. The standard InChI is InChI=1S/C32H46N2O2/c1-29(2,3)23-15-21(27(35)25(17-23)31(7,8)9)19-33-13-14-34-20-22-16-24(30(4,5)6)18-26(28(22)36)32(10,11)12/h13-20,35-36H,1-12H3. The molecule has 196 valence electrons. The number of hydrogen-bond acceptors (Lipinski definition) is 4. The summed E-state index contributed by atoms with van der Waals surface area (Å²) in [6.45, 7) is 25.6. The van der Waals surface area contributed by atoms with Crippen molar-refractivity contribution in [3.05, 3.63) is 70.0 Å². The number of nitrogens with zero attached hydrogens (tertiary/aromatic N) is 2. The molecule has 0 saturated heterocycles. The Morgan fingerprint density at radius 1 is 0.500 bits per heavy atom. The molecule has 0 saturated carbocycles. The van der Waals surface area contributed by atoms with Gasteiger partial charge < -0.3 is 10.2 Å². The van der Waals surface area contributed by atoms with Gasteiger partial charge in [-0.3, -0.25) is 9.98 Å². The zero-order valence-corrected chi connectivity index (χ0v) is 24.4. The third-order valence-electron chi connectivity index (χ3n) is 6.29. The molecule has 2 aromatic rings. The molecule has 0 heterocycles. The molecule has 0 spiro atoms. The summed E-state index contributed by atoms with van der Waals surface area (Å²) in [4.78, 5) is 8.75. The highest BCUT2D eigenvalue weighted by atomic mass is 16.3. The Morgan fingerprint density at radius 2 is 0.806 bits per heavy atom. The van der Waals surface area contributed by atoms with Crippen LogP contribution < -0.4 is 0 Å². The van der Waals surface area contributed by atoms with E-state index in [-0.39, 0.29) is 33.2 Å². The summed E-state index contributed by atoms with van der Waals surface area (Å²) in [5.74, 6) is 0.518. The molecule has 0 aliphatic rings. The number of hydrogen-bond donors (Lipinski definition) is 2. The molecule has 0 aliphatic carbocycles. The van der Waals surface area contributed by atoms with E-state index in [1.807, 2.05) is 12.1 Å². The summed E-state index contributed by atoms with van der Waals surface area (Å²) in [5, 5.41) is 21.8. The van der Waals surface area contributed by atoms with Crippen molar-refractivity contribution < 1.29 is 10.2 Å². The lowest BCUT2D eigenvalue weighted by molar-refractivity contribution is 0.443. The van der Waals surface area contributed by atoms with E-state index in [1.54, 1.807) is 24.8 Å². The van der Waals surface area contributed by atoms with Crippen molar-refractivity contribution in [1.82, 2.24) is 0 Å². The van der Waals surface area contributed by atoms with E-state index in [0.717, 1.165) is 22.3 Å². The second kappa shape index (κ2) is 10.2. The second-order valence-electron chi connectivity index (χ2n) is 13.8. The minimum atomic E-state index is -0.191. The lowest BCUT2D eigenvalue weighted by atomic mass is 9.79. The zero-order valence-electron chi connectivity index (χ0n) is 24.4. The number of aromatic hydroxyl groups is 2. The molecule has 0 bridgehead atoms.